The van der Waals surface area contributed by atoms with Gasteiger partial charge in [-0.05, 0) is 35.9 Å². The molecule has 0 aliphatic heterocycles. The van der Waals surface area contributed by atoms with Crippen LogP contribution in [0.4, 0.5) is 5.13 Å². The van der Waals surface area contributed by atoms with E-state index in [1.165, 1.54) is 11.3 Å². The third-order valence-electron chi connectivity index (χ3n) is 4.53. The standard InChI is InChI=1S/C24H19Cl2N3O2S/c1-30-23-11-16(7-10-22(23)31-14-18-8-9-19(25)12-20(18)26)13-27-29-24-28-21(15-32-24)17-5-3-2-4-6-17/h2-13,15H,14H2,1H3,(H,28,29)/b27-13-. The number of ether oxygens (including phenoxy) is 2. The molecule has 0 fully saturated rings. The third kappa shape index (κ3) is 5.59. The van der Waals surface area contributed by atoms with Crippen LogP contribution in [0.3, 0.4) is 0 Å². The molecule has 1 N–H and O–H groups in total. The van der Waals surface area contributed by atoms with Crippen molar-refractivity contribution < 1.29 is 9.47 Å². The van der Waals surface area contributed by atoms with E-state index in [1.54, 1.807) is 25.5 Å². The van der Waals surface area contributed by atoms with Crippen molar-refractivity contribution >= 4 is 45.9 Å². The van der Waals surface area contributed by atoms with E-state index < -0.39 is 0 Å². The van der Waals surface area contributed by atoms with Crippen molar-refractivity contribution in [3.05, 3.63) is 93.3 Å². The van der Waals surface area contributed by atoms with Gasteiger partial charge in [0.25, 0.3) is 0 Å². The molecule has 4 aromatic rings. The highest BCUT2D eigenvalue weighted by molar-refractivity contribution is 7.14. The first-order valence-corrected chi connectivity index (χ1v) is 11.3. The van der Waals surface area contributed by atoms with E-state index >= 15 is 0 Å². The normalized spacial score (nSPS) is 11.0. The van der Waals surface area contributed by atoms with Gasteiger partial charge in [-0.2, -0.15) is 5.10 Å². The lowest BCUT2D eigenvalue weighted by Crippen LogP contribution is -1.99. The highest BCUT2D eigenvalue weighted by atomic mass is 35.5. The Morgan fingerprint density at radius 1 is 1.03 bits per heavy atom. The maximum atomic E-state index is 6.21. The Kier molecular flexibility index (Phi) is 7.27. The van der Waals surface area contributed by atoms with Crippen molar-refractivity contribution in [2.45, 2.75) is 6.61 Å². The van der Waals surface area contributed by atoms with Gasteiger partial charge in [0.05, 0.1) is 19.0 Å². The molecule has 0 radical (unpaired) electrons. The van der Waals surface area contributed by atoms with Gasteiger partial charge in [-0.1, -0.05) is 59.6 Å². The Labute approximate surface area is 200 Å². The van der Waals surface area contributed by atoms with E-state index in [-0.39, 0.29) is 0 Å². The van der Waals surface area contributed by atoms with E-state index in [9.17, 15) is 0 Å². The summed E-state index contributed by atoms with van der Waals surface area (Å²) in [6, 6.07) is 20.9. The Morgan fingerprint density at radius 2 is 1.88 bits per heavy atom. The topological polar surface area (TPSA) is 55.7 Å². The first-order chi connectivity index (χ1) is 15.6. The molecular formula is C24H19Cl2N3O2S. The molecule has 1 heterocycles. The van der Waals surface area contributed by atoms with Crippen molar-refractivity contribution in [3.63, 3.8) is 0 Å². The molecule has 0 aliphatic carbocycles. The summed E-state index contributed by atoms with van der Waals surface area (Å²) in [5.74, 6) is 1.20. The van der Waals surface area contributed by atoms with Crippen LogP contribution in [-0.4, -0.2) is 18.3 Å². The number of methoxy groups -OCH3 is 1. The minimum absolute atomic E-state index is 0.301. The first kappa shape index (κ1) is 22.1. The summed E-state index contributed by atoms with van der Waals surface area (Å²) in [5.41, 5.74) is 6.65. The summed E-state index contributed by atoms with van der Waals surface area (Å²) in [6.45, 7) is 0.301. The van der Waals surface area contributed by atoms with Gasteiger partial charge in [-0.25, -0.2) is 4.98 Å². The number of halogens is 2. The smallest absolute Gasteiger partial charge is 0.203 e. The van der Waals surface area contributed by atoms with Crippen LogP contribution in [0.2, 0.25) is 10.0 Å². The Balaban J connectivity index is 1.39. The van der Waals surface area contributed by atoms with Crippen LogP contribution in [0.5, 0.6) is 11.5 Å². The molecule has 0 saturated heterocycles. The predicted octanol–water partition coefficient (Wildman–Crippen LogP) is 7.15. The number of anilines is 1. The summed E-state index contributed by atoms with van der Waals surface area (Å²) in [7, 11) is 1.59. The number of hydrogen-bond acceptors (Lipinski definition) is 6. The van der Waals surface area contributed by atoms with E-state index in [2.05, 4.69) is 15.5 Å². The van der Waals surface area contributed by atoms with Crippen LogP contribution >= 0.6 is 34.5 Å². The van der Waals surface area contributed by atoms with Crippen molar-refractivity contribution in [2.24, 2.45) is 5.10 Å². The number of aromatic nitrogens is 1. The SMILES string of the molecule is COc1cc(/C=N\Nc2nc(-c3ccccc3)cs2)ccc1OCc1ccc(Cl)cc1Cl. The van der Waals surface area contributed by atoms with Crippen LogP contribution in [-0.2, 0) is 6.61 Å². The quantitative estimate of drug-likeness (QED) is 0.213. The van der Waals surface area contributed by atoms with Gasteiger partial charge in [0, 0.05) is 26.6 Å². The lowest BCUT2D eigenvalue weighted by Gasteiger charge is -2.12. The average Bonchev–Trinajstić information content (AvgIpc) is 3.28. The molecule has 5 nitrogen and oxygen atoms in total. The molecule has 0 unspecified atom stereocenters. The van der Waals surface area contributed by atoms with Crippen LogP contribution in [0.1, 0.15) is 11.1 Å². The zero-order chi connectivity index (χ0) is 22.3. The van der Waals surface area contributed by atoms with Crippen molar-refractivity contribution in [1.82, 2.24) is 4.98 Å². The van der Waals surface area contributed by atoms with Gasteiger partial charge < -0.3 is 9.47 Å². The number of rotatable bonds is 8. The molecule has 0 aliphatic rings. The number of nitrogens with one attached hydrogen (secondary N) is 1. The van der Waals surface area contributed by atoms with Gasteiger partial charge >= 0.3 is 0 Å². The number of thiazole rings is 1. The van der Waals surface area contributed by atoms with Crippen LogP contribution in [0.15, 0.2) is 77.2 Å². The lowest BCUT2D eigenvalue weighted by atomic mass is 10.2. The molecular weight excluding hydrogens is 465 g/mol. The first-order valence-electron chi connectivity index (χ1n) is 9.67. The molecule has 162 valence electrons. The van der Waals surface area contributed by atoms with Crippen molar-refractivity contribution in [3.8, 4) is 22.8 Å². The second kappa shape index (κ2) is 10.5. The van der Waals surface area contributed by atoms with E-state index in [1.807, 2.05) is 60.0 Å². The highest BCUT2D eigenvalue weighted by Gasteiger charge is 2.08. The third-order valence-corrected chi connectivity index (χ3v) is 5.87. The summed E-state index contributed by atoms with van der Waals surface area (Å²) in [4.78, 5) is 4.56. The molecule has 8 heteroatoms. The van der Waals surface area contributed by atoms with Gasteiger partial charge in [-0.15, -0.1) is 11.3 Å². The minimum Gasteiger partial charge on any atom is -0.493 e. The molecule has 0 bridgehead atoms. The average molecular weight is 484 g/mol. The van der Waals surface area contributed by atoms with E-state index in [4.69, 9.17) is 32.7 Å². The zero-order valence-electron chi connectivity index (χ0n) is 17.1. The number of benzene rings is 3. The van der Waals surface area contributed by atoms with E-state index in [0.29, 0.717) is 33.3 Å². The summed E-state index contributed by atoms with van der Waals surface area (Å²) < 4.78 is 11.4. The predicted molar refractivity (Wildman–Crippen MR) is 133 cm³/mol. The molecule has 32 heavy (non-hydrogen) atoms. The number of hydrogen-bond donors (Lipinski definition) is 1. The summed E-state index contributed by atoms with van der Waals surface area (Å²) >= 11 is 13.7. The molecule has 0 atom stereocenters. The van der Waals surface area contributed by atoms with Crippen molar-refractivity contribution in [2.75, 3.05) is 12.5 Å². The monoisotopic (exact) mass is 483 g/mol. The lowest BCUT2D eigenvalue weighted by molar-refractivity contribution is 0.284. The molecule has 3 aromatic carbocycles. The van der Waals surface area contributed by atoms with Gasteiger partial charge in [-0.3, -0.25) is 5.43 Å². The van der Waals surface area contributed by atoms with Crippen molar-refractivity contribution in [1.29, 1.82) is 0 Å². The van der Waals surface area contributed by atoms with Gasteiger partial charge in [0.2, 0.25) is 5.13 Å². The largest absolute Gasteiger partial charge is 0.493 e. The minimum atomic E-state index is 0.301. The maximum absolute atomic E-state index is 6.21. The van der Waals surface area contributed by atoms with Gasteiger partial charge in [0.15, 0.2) is 11.5 Å². The van der Waals surface area contributed by atoms with Crippen LogP contribution in [0, 0.1) is 0 Å². The maximum Gasteiger partial charge on any atom is 0.203 e. The highest BCUT2D eigenvalue weighted by Crippen LogP contribution is 2.30. The fraction of sp³-hybridized carbons (Fsp3) is 0.0833. The summed E-state index contributed by atoms with van der Waals surface area (Å²) in [5, 5.41) is 8.14. The number of hydrazone groups is 1. The van der Waals surface area contributed by atoms with Crippen LogP contribution < -0.4 is 14.9 Å². The fourth-order valence-corrected chi connectivity index (χ4v) is 4.04. The molecule has 0 spiro atoms. The fourth-order valence-electron chi connectivity index (χ4n) is 2.91. The Morgan fingerprint density at radius 3 is 2.66 bits per heavy atom. The number of nitrogens with zero attached hydrogens (tertiary/aromatic N) is 2. The molecule has 1 aromatic heterocycles. The van der Waals surface area contributed by atoms with Gasteiger partial charge in [0.1, 0.15) is 6.61 Å². The molecule has 4 rings (SSSR count). The second-order valence-electron chi connectivity index (χ2n) is 6.71. The molecule has 0 amide bonds. The second-order valence-corrected chi connectivity index (χ2v) is 8.41. The summed E-state index contributed by atoms with van der Waals surface area (Å²) in [6.07, 6.45) is 1.70. The Bertz CT molecular complexity index is 1230. The molecule has 0 saturated carbocycles. The van der Waals surface area contributed by atoms with Crippen LogP contribution in [0.25, 0.3) is 11.3 Å². The Hall–Kier alpha value is -3.06. The van der Waals surface area contributed by atoms with E-state index in [0.717, 1.165) is 22.4 Å². The zero-order valence-corrected chi connectivity index (χ0v) is 19.4.